The van der Waals surface area contributed by atoms with Crippen LogP contribution in [0, 0.1) is 0 Å². The Balaban J connectivity index is 2.27. The Morgan fingerprint density at radius 3 is 2.78 bits per heavy atom. The molecule has 1 atom stereocenters. The van der Waals surface area contributed by atoms with Gasteiger partial charge in [-0.15, -0.1) is 0 Å². The highest BCUT2D eigenvalue weighted by molar-refractivity contribution is 7.99. The molecular weight excluding hydrogens is 252 g/mol. The topological polar surface area (TPSA) is 83.6 Å². The van der Waals surface area contributed by atoms with Gasteiger partial charge in [-0.05, 0) is 12.1 Å². The van der Waals surface area contributed by atoms with Crippen molar-refractivity contribution >= 4 is 29.3 Å². The molecule has 1 aromatic rings. The number of hydrogen-bond acceptors (Lipinski definition) is 4. The van der Waals surface area contributed by atoms with Gasteiger partial charge in [0.05, 0.1) is 5.56 Å². The van der Waals surface area contributed by atoms with Gasteiger partial charge < -0.3 is 15.7 Å². The number of nitrogen functional groups attached to an aromatic ring is 1. The number of benzene rings is 1. The molecule has 1 saturated heterocycles. The second-order valence-corrected chi connectivity index (χ2v) is 5.16. The summed E-state index contributed by atoms with van der Waals surface area (Å²) in [5, 5.41) is 9.14. The number of para-hydroxylation sites is 1. The fraction of sp³-hybridized carbons (Fsp3) is 0.333. The summed E-state index contributed by atoms with van der Waals surface area (Å²) in [6.45, 7) is 0.439. The van der Waals surface area contributed by atoms with Crippen LogP contribution < -0.4 is 5.73 Å². The third kappa shape index (κ3) is 2.43. The number of thioether (sulfide) groups is 1. The van der Waals surface area contributed by atoms with E-state index in [-0.39, 0.29) is 5.91 Å². The number of hydrogen-bond donors (Lipinski definition) is 2. The zero-order valence-corrected chi connectivity index (χ0v) is 10.5. The monoisotopic (exact) mass is 266 g/mol. The van der Waals surface area contributed by atoms with E-state index in [9.17, 15) is 9.59 Å². The SMILES string of the molecule is Nc1ccccc1C(=O)N1CCSCC1C(=O)O. The summed E-state index contributed by atoms with van der Waals surface area (Å²) in [5.74, 6) is -0.0957. The summed E-state index contributed by atoms with van der Waals surface area (Å²) in [6, 6.07) is 5.96. The van der Waals surface area contributed by atoms with Crippen LogP contribution in [0.4, 0.5) is 5.69 Å². The van der Waals surface area contributed by atoms with E-state index >= 15 is 0 Å². The number of aliphatic carboxylic acids is 1. The van der Waals surface area contributed by atoms with Crippen LogP contribution in [-0.4, -0.2) is 46.0 Å². The maximum Gasteiger partial charge on any atom is 0.327 e. The van der Waals surface area contributed by atoms with Crippen molar-refractivity contribution in [2.45, 2.75) is 6.04 Å². The number of carbonyl (C=O) groups excluding carboxylic acids is 1. The molecule has 1 heterocycles. The maximum atomic E-state index is 12.3. The van der Waals surface area contributed by atoms with Crippen molar-refractivity contribution in [2.24, 2.45) is 0 Å². The van der Waals surface area contributed by atoms with Crippen LogP contribution in [-0.2, 0) is 4.79 Å². The highest BCUT2D eigenvalue weighted by Crippen LogP contribution is 2.21. The number of nitrogens with zero attached hydrogens (tertiary/aromatic N) is 1. The molecule has 0 saturated carbocycles. The number of carbonyl (C=O) groups is 2. The summed E-state index contributed by atoms with van der Waals surface area (Å²) in [6.07, 6.45) is 0. The number of anilines is 1. The normalized spacial score (nSPS) is 19.6. The van der Waals surface area contributed by atoms with E-state index < -0.39 is 12.0 Å². The Labute approximate surface area is 109 Å². The minimum atomic E-state index is -0.968. The summed E-state index contributed by atoms with van der Waals surface area (Å²) >= 11 is 1.55. The Bertz CT molecular complexity index is 478. The maximum absolute atomic E-state index is 12.3. The Morgan fingerprint density at radius 1 is 1.39 bits per heavy atom. The van der Waals surface area contributed by atoms with Gasteiger partial charge in [-0.1, -0.05) is 12.1 Å². The molecule has 1 aromatic carbocycles. The Kier molecular flexibility index (Phi) is 3.76. The van der Waals surface area contributed by atoms with Gasteiger partial charge in [0.1, 0.15) is 6.04 Å². The minimum absolute atomic E-state index is 0.305. The minimum Gasteiger partial charge on any atom is -0.480 e. The zero-order valence-electron chi connectivity index (χ0n) is 9.70. The average Bonchev–Trinajstić information content (AvgIpc) is 2.38. The molecule has 1 amide bonds. The molecule has 96 valence electrons. The molecule has 0 radical (unpaired) electrons. The molecule has 2 rings (SSSR count). The van der Waals surface area contributed by atoms with Gasteiger partial charge in [0.2, 0.25) is 0 Å². The van der Waals surface area contributed by atoms with Crippen molar-refractivity contribution in [1.82, 2.24) is 4.90 Å². The summed E-state index contributed by atoms with van der Waals surface area (Å²) in [7, 11) is 0. The molecule has 18 heavy (non-hydrogen) atoms. The number of rotatable bonds is 2. The fourth-order valence-corrected chi connectivity index (χ4v) is 2.94. The van der Waals surface area contributed by atoms with Gasteiger partial charge in [-0.3, -0.25) is 4.79 Å². The molecule has 1 fully saturated rings. The van der Waals surface area contributed by atoms with Gasteiger partial charge in [-0.2, -0.15) is 11.8 Å². The van der Waals surface area contributed by atoms with Crippen molar-refractivity contribution in [1.29, 1.82) is 0 Å². The Morgan fingerprint density at radius 2 is 2.11 bits per heavy atom. The van der Waals surface area contributed by atoms with E-state index in [0.717, 1.165) is 5.75 Å². The van der Waals surface area contributed by atoms with Crippen molar-refractivity contribution in [3.05, 3.63) is 29.8 Å². The largest absolute Gasteiger partial charge is 0.480 e. The van der Waals surface area contributed by atoms with E-state index in [1.165, 1.54) is 4.90 Å². The lowest BCUT2D eigenvalue weighted by Gasteiger charge is -2.32. The third-order valence-corrected chi connectivity index (χ3v) is 3.89. The first-order valence-electron chi connectivity index (χ1n) is 5.57. The molecule has 3 N–H and O–H groups in total. The van der Waals surface area contributed by atoms with Gasteiger partial charge in [-0.25, -0.2) is 4.79 Å². The van der Waals surface area contributed by atoms with Crippen molar-refractivity contribution in [3.63, 3.8) is 0 Å². The van der Waals surface area contributed by atoms with E-state index in [0.29, 0.717) is 23.5 Å². The van der Waals surface area contributed by atoms with Crippen molar-refractivity contribution in [3.8, 4) is 0 Å². The predicted molar refractivity (Wildman–Crippen MR) is 70.6 cm³/mol. The highest BCUT2D eigenvalue weighted by atomic mass is 32.2. The van der Waals surface area contributed by atoms with Crippen LogP contribution in [0.5, 0.6) is 0 Å². The molecule has 0 aromatic heterocycles. The lowest BCUT2D eigenvalue weighted by Crippen LogP contribution is -2.50. The van der Waals surface area contributed by atoms with Gasteiger partial charge in [0.25, 0.3) is 5.91 Å². The van der Waals surface area contributed by atoms with Crippen LogP contribution in [0.1, 0.15) is 10.4 Å². The lowest BCUT2D eigenvalue weighted by molar-refractivity contribution is -0.141. The molecule has 0 aliphatic carbocycles. The molecule has 0 bridgehead atoms. The third-order valence-electron chi connectivity index (χ3n) is 2.87. The first kappa shape index (κ1) is 12.8. The van der Waals surface area contributed by atoms with Crippen molar-refractivity contribution < 1.29 is 14.7 Å². The zero-order chi connectivity index (χ0) is 13.1. The predicted octanol–water partition coefficient (Wildman–Crippen LogP) is 0.911. The summed E-state index contributed by atoms with van der Waals surface area (Å²) in [5.41, 5.74) is 6.50. The van der Waals surface area contributed by atoms with E-state index in [4.69, 9.17) is 10.8 Å². The highest BCUT2D eigenvalue weighted by Gasteiger charge is 2.33. The first-order chi connectivity index (χ1) is 8.61. The molecule has 1 unspecified atom stereocenters. The van der Waals surface area contributed by atoms with E-state index in [1.807, 2.05) is 0 Å². The van der Waals surface area contributed by atoms with Crippen LogP contribution in [0.3, 0.4) is 0 Å². The molecule has 5 nitrogen and oxygen atoms in total. The molecule has 6 heteroatoms. The molecule has 1 aliphatic rings. The van der Waals surface area contributed by atoms with Gasteiger partial charge >= 0.3 is 5.97 Å². The van der Waals surface area contributed by atoms with E-state index in [2.05, 4.69) is 0 Å². The van der Waals surface area contributed by atoms with Crippen LogP contribution in [0.2, 0.25) is 0 Å². The van der Waals surface area contributed by atoms with Gasteiger partial charge in [0, 0.05) is 23.7 Å². The van der Waals surface area contributed by atoms with E-state index in [1.54, 1.807) is 36.0 Å². The molecule has 0 spiro atoms. The number of amides is 1. The average molecular weight is 266 g/mol. The quantitative estimate of drug-likeness (QED) is 0.777. The molecular formula is C12H14N2O3S. The number of carboxylic acids is 1. The number of carboxylic acid groups (broad SMARTS) is 1. The number of nitrogens with two attached hydrogens (primary N) is 1. The summed E-state index contributed by atoms with van der Waals surface area (Å²) < 4.78 is 0. The first-order valence-corrected chi connectivity index (χ1v) is 6.72. The molecule has 1 aliphatic heterocycles. The second-order valence-electron chi connectivity index (χ2n) is 4.01. The van der Waals surface area contributed by atoms with Crippen molar-refractivity contribution in [2.75, 3.05) is 23.8 Å². The summed E-state index contributed by atoms with van der Waals surface area (Å²) in [4.78, 5) is 24.8. The Hall–Kier alpha value is -1.69. The lowest BCUT2D eigenvalue weighted by atomic mass is 10.1. The smallest absolute Gasteiger partial charge is 0.327 e. The standard InChI is InChI=1S/C12H14N2O3S/c13-9-4-2-1-3-8(9)11(15)14-5-6-18-7-10(14)12(16)17/h1-4,10H,5-7,13H2,(H,16,17). The fourth-order valence-electron chi connectivity index (χ4n) is 1.90. The second kappa shape index (κ2) is 5.30. The van der Waals surface area contributed by atoms with Crippen LogP contribution in [0.25, 0.3) is 0 Å². The van der Waals surface area contributed by atoms with Crippen LogP contribution in [0.15, 0.2) is 24.3 Å². The van der Waals surface area contributed by atoms with Crippen LogP contribution >= 0.6 is 11.8 Å². The van der Waals surface area contributed by atoms with Gasteiger partial charge in [0.15, 0.2) is 0 Å².